The van der Waals surface area contributed by atoms with Crippen LogP contribution in [0.2, 0.25) is 0 Å². The Balaban J connectivity index is 2.53. The minimum Gasteiger partial charge on any atom is -0.180 e. The van der Waals surface area contributed by atoms with Gasteiger partial charge in [-0.15, -0.1) is 0 Å². The van der Waals surface area contributed by atoms with E-state index in [4.69, 9.17) is 9.78 Å². The summed E-state index contributed by atoms with van der Waals surface area (Å²) in [6, 6.07) is 0. The van der Waals surface area contributed by atoms with E-state index >= 15 is 0 Å². The molecule has 1 saturated heterocycles. The molecule has 1 aliphatic rings. The Morgan fingerprint density at radius 1 is 1.25 bits per heavy atom. The third-order valence-electron chi connectivity index (χ3n) is 1.49. The zero-order valence-corrected chi connectivity index (χ0v) is 8.23. The lowest BCUT2D eigenvalue weighted by atomic mass is 9.97. The van der Waals surface area contributed by atoms with Crippen LogP contribution in [0, 0.1) is 17.3 Å². The molecule has 1 heterocycles. The fourth-order valence-corrected chi connectivity index (χ4v) is 0.850. The Morgan fingerprint density at radius 3 is 2.17 bits per heavy atom. The van der Waals surface area contributed by atoms with Crippen molar-refractivity contribution in [1.82, 2.24) is 0 Å². The summed E-state index contributed by atoms with van der Waals surface area (Å²) in [6.45, 7) is 8.30. The monoisotopic (exact) mass is 168 g/mol. The van der Waals surface area contributed by atoms with Crippen LogP contribution in [0.25, 0.3) is 0 Å². The molecule has 1 aliphatic heterocycles. The summed E-state index contributed by atoms with van der Waals surface area (Å²) < 4.78 is 0. The highest BCUT2D eigenvalue weighted by Crippen LogP contribution is 2.33. The molecule has 0 bridgehead atoms. The molecular weight excluding hydrogens is 152 g/mol. The van der Waals surface area contributed by atoms with Crippen molar-refractivity contribution in [1.29, 1.82) is 0 Å². The van der Waals surface area contributed by atoms with Gasteiger partial charge in [0, 0.05) is 11.8 Å². The Bertz CT molecular complexity index is 210. The molecule has 2 nitrogen and oxygen atoms in total. The van der Waals surface area contributed by atoms with Gasteiger partial charge in [-0.2, -0.15) is 9.78 Å². The summed E-state index contributed by atoms with van der Waals surface area (Å²) in [4.78, 5) is 9.72. The maximum atomic E-state index is 4.86. The molecule has 2 heteroatoms. The van der Waals surface area contributed by atoms with E-state index in [1.807, 2.05) is 0 Å². The van der Waals surface area contributed by atoms with Crippen LogP contribution in [-0.2, 0) is 9.78 Å². The molecule has 12 heavy (non-hydrogen) atoms. The average Bonchev–Trinajstić information content (AvgIpc) is 2.65. The second-order valence-electron chi connectivity index (χ2n) is 4.17. The molecule has 0 amide bonds. The first-order valence-electron chi connectivity index (χ1n) is 4.39. The lowest BCUT2D eigenvalue weighted by Gasteiger charge is -2.07. The predicted molar refractivity (Wildman–Crippen MR) is 47.0 cm³/mol. The van der Waals surface area contributed by atoms with Gasteiger partial charge in [0.25, 0.3) is 5.79 Å². The Morgan fingerprint density at radius 2 is 1.83 bits per heavy atom. The smallest absolute Gasteiger partial charge is 0.180 e. The molecule has 0 saturated carbocycles. The van der Waals surface area contributed by atoms with E-state index in [9.17, 15) is 0 Å². The van der Waals surface area contributed by atoms with Crippen LogP contribution in [0.5, 0.6) is 0 Å². The lowest BCUT2D eigenvalue weighted by molar-refractivity contribution is 0.0850. The van der Waals surface area contributed by atoms with Crippen LogP contribution < -0.4 is 0 Å². The molecule has 0 spiro atoms. The van der Waals surface area contributed by atoms with E-state index in [0.717, 1.165) is 12.8 Å². The molecule has 0 aromatic carbocycles. The average molecular weight is 168 g/mol. The number of hydrogen-bond donors (Lipinski definition) is 0. The third-order valence-corrected chi connectivity index (χ3v) is 1.49. The van der Waals surface area contributed by atoms with Crippen molar-refractivity contribution in [2.45, 2.75) is 46.3 Å². The third kappa shape index (κ3) is 2.84. The van der Waals surface area contributed by atoms with Crippen LogP contribution in [0.1, 0.15) is 40.5 Å². The normalized spacial score (nSPS) is 19.7. The minimum atomic E-state index is -0.554. The first-order chi connectivity index (χ1) is 5.47. The minimum absolute atomic E-state index is 0.0239. The van der Waals surface area contributed by atoms with Crippen molar-refractivity contribution in [3.8, 4) is 11.8 Å². The molecule has 0 N–H and O–H groups in total. The van der Waals surface area contributed by atoms with Crippen LogP contribution in [0.4, 0.5) is 0 Å². The van der Waals surface area contributed by atoms with Crippen molar-refractivity contribution in [2.24, 2.45) is 5.41 Å². The van der Waals surface area contributed by atoms with Gasteiger partial charge in [-0.1, -0.05) is 12.8 Å². The molecule has 0 aliphatic carbocycles. The van der Waals surface area contributed by atoms with Crippen molar-refractivity contribution in [3.63, 3.8) is 0 Å². The molecule has 68 valence electrons. The van der Waals surface area contributed by atoms with Crippen LogP contribution in [0.15, 0.2) is 0 Å². The van der Waals surface area contributed by atoms with E-state index in [2.05, 4.69) is 39.5 Å². The van der Waals surface area contributed by atoms with Gasteiger partial charge in [-0.25, -0.2) is 0 Å². The van der Waals surface area contributed by atoms with Crippen LogP contribution >= 0.6 is 0 Å². The van der Waals surface area contributed by atoms with E-state index in [-0.39, 0.29) is 5.41 Å². The summed E-state index contributed by atoms with van der Waals surface area (Å²) in [6.07, 6.45) is 1.88. The van der Waals surface area contributed by atoms with Gasteiger partial charge in [0.15, 0.2) is 0 Å². The van der Waals surface area contributed by atoms with Crippen molar-refractivity contribution < 1.29 is 9.78 Å². The number of hydrogen-bond acceptors (Lipinski definition) is 2. The molecule has 1 rings (SSSR count). The summed E-state index contributed by atoms with van der Waals surface area (Å²) in [5.41, 5.74) is 0.0239. The summed E-state index contributed by atoms with van der Waals surface area (Å²) >= 11 is 0. The standard InChI is InChI=1S/C10H16O2/c1-5-6-10(11-12-10)8-7-9(2,3)4/h5-6H2,1-4H3. The molecule has 0 radical (unpaired) electrons. The van der Waals surface area contributed by atoms with Crippen LogP contribution in [0.3, 0.4) is 0 Å². The van der Waals surface area contributed by atoms with E-state index in [0.29, 0.717) is 0 Å². The largest absolute Gasteiger partial charge is 0.294 e. The van der Waals surface area contributed by atoms with Gasteiger partial charge in [0.1, 0.15) is 0 Å². The Hall–Kier alpha value is -0.520. The SMILES string of the molecule is CCCC1(C#CC(C)(C)C)OO1. The van der Waals surface area contributed by atoms with Crippen molar-refractivity contribution in [2.75, 3.05) is 0 Å². The predicted octanol–water partition coefficient (Wildman–Crippen LogP) is 2.49. The Kier molecular flexibility index (Phi) is 2.46. The van der Waals surface area contributed by atoms with Gasteiger partial charge in [-0.3, -0.25) is 0 Å². The first kappa shape index (κ1) is 9.57. The maximum Gasteiger partial charge on any atom is 0.294 e. The second kappa shape index (κ2) is 3.08. The van der Waals surface area contributed by atoms with E-state index in [1.165, 1.54) is 0 Å². The van der Waals surface area contributed by atoms with E-state index < -0.39 is 5.79 Å². The quantitative estimate of drug-likeness (QED) is 0.359. The highest BCUT2D eigenvalue weighted by Gasteiger charge is 2.46. The number of rotatable bonds is 2. The fourth-order valence-electron chi connectivity index (χ4n) is 0.850. The molecule has 1 fully saturated rings. The summed E-state index contributed by atoms with van der Waals surface area (Å²) in [7, 11) is 0. The molecule has 0 atom stereocenters. The summed E-state index contributed by atoms with van der Waals surface area (Å²) in [5, 5.41) is 0. The lowest BCUT2D eigenvalue weighted by Crippen LogP contribution is -2.08. The molecular formula is C10H16O2. The van der Waals surface area contributed by atoms with Gasteiger partial charge in [-0.05, 0) is 33.1 Å². The first-order valence-corrected chi connectivity index (χ1v) is 4.39. The van der Waals surface area contributed by atoms with Gasteiger partial charge in [0.2, 0.25) is 0 Å². The van der Waals surface area contributed by atoms with Crippen molar-refractivity contribution >= 4 is 0 Å². The molecule has 0 aromatic rings. The molecule has 0 unspecified atom stereocenters. The topological polar surface area (TPSA) is 25.1 Å². The van der Waals surface area contributed by atoms with Gasteiger partial charge < -0.3 is 0 Å². The summed E-state index contributed by atoms with van der Waals surface area (Å²) in [5.74, 6) is 5.57. The highest BCUT2D eigenvalue weighted by molar-refractivity contribution is 5.16. The second-order valence-corrected chi connectivity index (χ2v) is 4.17. The van der Waals surface area contributed by atoms with E-state index in [1.54, 1.807) is 0 Å². The Labute approximate surface area is 74.2 Å². The zero-order valence-electron chi connectivity index (χ0n) is 8.23. The zero-order chi connectivity index (χ0) is 9.24. The fraction of sp³-hybridized carbons (Fsp3) is 0.800. The highest BCUT2D eigenvalue weighted by atomic mass is 17.4. The molecule has 0 aromatic heterocycles. The van der Waals surface area contributed by atoms with Crippen LogP contribution in [-0.4, -0.2) is 5.79 Å². The van der Waals surface area contributed by atoms with Gasteiger partial charge >= 0.3 is 0 Å². The maximum absolute atomic E-state index is 4.86. The van der Waals surface area contributed by atoms with Gasteiger partial charge in [0.05, 0.1) is 0 Å². The van der Waals surface area contributed by atoms with Crippen molar-refractivity contribution in [3.05, 3.63) is 0 Å².